The van der Waals surface area contributed by atoms with Gasteiger partial charge in [-0.05, 0) is 19.3 Å². The van der Waals surface area contributed by atoms with Crippen LogP contribution >= 0.6 is 0 Å². The molecule has 13 heavy (non-hydrogen) atoms. The molecule has 0 aromatic heterocycles. The van der Waals surface area contributed by atoms with Crippen LogP contribution in [0.1, 0.15) is 27.2 Å². The van der Waals surface area contributed by atoms with E-state index < -0.39 is 0 Å². The first-order valence-electron chi connectivity index (χ1n) is 5.05. The topological polar surface area (TPSA) is 38.3 Å². The molecular weight excluding hydrogens is 166 g/mol. The Bertz CT molecular complexity index is 180. The number of ether oxygens (including phenoxy) is 1. The molecule has 1 fully saturated rings. The van der Waals surface area contributed by atoms with E-state index in [-0.39, 0.29) is 11.9 Å². The normalized spacial score (nSPS) is 28.0. The average molecular weight is 185 g/mol. The zero-order valence-electron chi connectivity index (χ0n) is 8.67. The van der Waals surface area contributed by atoms with Gasteiger partial charge in [-0.2, -0.15) is 0 Å². The smallest absolute Gasteiger partial charge is 0.310 e. The summed E-state index contributed by atoms with van der Waals surface area (Å²) in [6.07, 6.45) is 0.927. The lowest BCUT2D eigenvalue weighted by molar-refractivity contribution is -0.147. The van der Waals surface area contributed by atoms with Gasteiger partial charge in [-0.1, -0.05) is 13.8 Å². The van der Waals surface area contributed by atoms with Crippen LogP contribution in [0.2, 0.25) is 0 Å². The molecule has 1 heterocycles. The third-order valence-electron chi connectivity index (χ3n) is 2.59. The number of esters is 1. The molecular formula is C10H19NO2. The molecule has 0 spiro atoms. The maximum atomic E-state index is 11.4. The summed E-state index contributed by atoms with van der Waals surface area (Å²) in [5, 5.41) is 3.34. The minimum absolute atomic E-state index is 0.0434. The van der Waals surface area contributed by atoms with Crippen molar-refractivity contribution in [3.05, 3.63) is 0 Å². The van der Waals surface area contributed by atoms with E-state index in [9.17, 15) is 4.79 Å². The predicted octanol–water partition coefficient (Wildman–Crippen LogP) is 1.18. The van der Waals surface area contributed by atoms with Crippen LogP contribution < -0.4 is 5.32 Å². The van der Waals surface area contributed by atoms with E-state index >= 15 is 0 Å². The van der Waals surface area contributed by atoms with Crippen LogP contribution in [0.5, 0.6) is 0 Å². The van der Waals surface area contributed by atoms with Crippen molar-refractivity contribution in [3.63, 3.8) is 0 Å². The summed E-state index contributed by atoms with van der Waals surface area (Å²) >= 11 is 0. The fourth-order valence-electron chi connectivity index (χ4n) is 1.71. The van der Waals surface area contributed by atoms with Crippen molar-refractivity contribution in [1.82, 2.24) is 5.32 Å². The molecule has 1 saturated heterocycles. The summed E-state index contributed by atoms with van der Waals surface area (Å²) in [5.41, 5.74) is 0. The van der Waals surface area contributed by atoms with Gasteiger partial charge in [-0.3, -0.25) is 4.79 Å². The molecule has 0 unspecified atom stereocenters. The Labute approximate surface area is 79.8 Å². The highest BCUT2D eigenvalue weighted by Crippen LogP contribution is 2.20. The van der Waals surface area contributed by atoms with Crippen molar-refractivity contribution in [3.8, 4) is 0 Å². The van der Waals surface area contributed by atoms with E-state index in [1.54, 1.807) is 0 Å². The fraction of sp³-hybridized carbons (Fsp3) is 0.900. The highest BCUT2D eigenvalue weighted by molar-refractivity contribution is 5.73. The third kappa shape index (κ3) is 2.69. The highest BCUT2D eigenvalue weighted by Gasteiger charge is 2.31. The predicted molar refractivity (Wildman–Crippen MR) is 51.4 cm³/mol. The van der Waals surface area contributed by atoms with Gasteiger partial charge in [0, 0.05) is 12.6 Å². The number of hydrogen-bond donors (Lipinski definition) is 1. The molecule has 0 aromatic rings. The van der Waals surface area contributed by atoms with E-state index in [0.717, 1.165) is 13.0 Å². The monoisotopic (exact) mass is 185 g/mol. The minimum atomic E-state index is -0.0434. The Kier molecular flexibility index (Phi) is 3.72. The summed E-state index contributed by atoms with van der Waals surface area (Å²) in [5.74, 6) is 0.630. The standard InChI is InChI=1S/C10H19NO2/c1-4-13-10(12)8-5-9(7(2)3)11-6-8/h7-9,11H,4-6H2,1-3H3/t8-,9+/m0/s1. The van der Waals surface area contributed by atoms with Gasteiger partial charge in [-0.15, -0.1) is 0 Å². The lowest BCUT2D eigenvalue weighted by atomic mass is 9.98. The third-order valence-corrected chi connectivity index (χ3v) is 2.59. The van der Waals surface area contributed by atoms with Gasteiger partial charge in [0.1, 0.15) is 0 Å². The summed E-state index contributed by atoms with van der Waals surface area (Å²) in [6.45, 7) is 7.46. The zero-order valence-corrected chi connectivity index (χ0v) is 8.67. The first kappa shape index (κ1) is 10.5. The second-order valence-corrected chi connectivity index (χ2v) is 3.94. The van der Waals surface area contributed by atoms with E-state index in [1.165, 1.54) is 0 Å². The van der Waals surface area contributed by atoms with Crippen LogP contribution in [0.4, 0.5) is 0 Å². The van der Waals surface area contributed by atoms with Gasteiger partial charge in [0.05, 0.1) is 12.5 Å². The van der Waals surface area contributed by atoms with Crippen molar-refractivity contribution in [1.29, 1.82) is 0 Å². The molecule has 1 N–H and O–H groups in total. The van der Waals surface area contributed by atoms with Crippen LogP contribution in [0.15, 0.2) is 0 Å². The number of rotatable bonds is 3. The first-order chi connectivity index (χ1) is 6.15. The van der Waals surface area contributed by atoms with Crippen LogP contribution in [-0.4, -0.2) is 25.2 Å². The quantitative estimate of drug-likeness (QED) is 0.671. The van der Waals surface area contributed by atoms with Gasteiger partial charge >= 0.3 is 5.97 Å². The molecule has 76 valence electrons. The molecule has 3 heteroatoms. The number of nitrogens with one attached hydrogen (secondary N) is 1. The summed E-state index contributed by atoms with van der Waals surface area (Å²) in [4.78, 5) is 11.4. The molecule has 0 aliphatic carbocycles. The van der Waals surface area contributed by atoms with Crippen molar-refractivity contribution in [2.24, 2.45) is 11.8 Å². The van der Waals surface area contributed by atoms with Crippen LogP contribution in [0, 0.1) is 11.8 Å². The molecule has 3 nitrogen and oxygen atoms in total. The SMILES string of the molecule is CCOC(=O)[C@@H]1CN[C@@H](C(C)C)C1. The van der Waals surface area contributed by atoms with E-state index in [0.29, 0.717) is 18.6 Å². The van der Waals surface area contributed by atoms with Crippen molar-refractivity contribution < 1.29 is 9.53 Å². The van der Waals surface area contributed by atoms with E-state index in [2.05, 4.69) is 19.2 Å². The second kappa shape index (κ2) is 4.61. The number of hydrogen-bond acceptors (Lipinski definition) is 3. The largest absolute Gasteiger partial charge is 0.466 e. The molecule has 1 rings (SSSR count). The number of carbonyl (C=O) groups excluding carboxylic acids is 1. The average Bonchev–Trinajstić information content (AvgIpc) is 2.52. The molecule has 0 amide bonds. The van der Waals surface area contributed by atoms with Crippen LogP contribution in [0.25, 0.3) is 0 Å². The van der Waals surface area contributed by atoms with Crippen molar-refractivity contribution in [2.45, 2.75) is 33.2 Å². The van der Waals surface area contributed by atoms with Crippen molar-refractivity contribution >= 4 is 5.97 Å². The summed E-state index contributed by atoms with van der Waals surface area (Å²) in [6, 6.07) is 0.481. The van der Waals surface area contributed by atoms with Crippen LogP contribution in [0.3, 0.4) is 0 Å². The second-order valence-electron chi connectivity index (χ2n) is 3.94. The summed E-state index contributed by atoms with van der Waals surface area (Å²) < 4.78 is 4.97. The lowest BCUT2D eigenvalue weighted by Gasteiger charge is -2.13. The molecule has 0 saturated carbocycles. The molecule has 0 aromatic carbocycles. The van der Waals surface area contributed by atoms with E-state index in [4.69, 9.17) is 4.74 Å². The molecule has 0 bridgehead atoms. The molecule has 1 aliphatic heterocycles. The van der Waals surface area contributed by atoms with Gasteiger partial charge in [0.25, 0.3) is 0 Å². The number of carbonyl (C=O) groups is 1. The Morgan fingerprint density at radius 1 is 1.62 bits per heavy atom. The fourth-order valence-corrected chi connectivity index (χ4v) is 1.71. The van der Waals surface area contributed by atoms with Gasteiger partial charge in [-0.25, -0.2) is 0 Å². The van der Waals surface area contributed by atoms with Gasteiger partial charge in [0.2, 0.25) is 0 Å². The zero-order chi connectivity index (χ0) is 9.84. The first-order valence-corrected chi connectivity index (χ1v) is 5.05. The minimum Gasteiger partial charge on any atom is -0.466 e. The molecule has 1 aliphatic rings. The van der Waals surface area contributed by atoms with Crippen molar-refractivity contribution in [2.75, 3.05) is 13.2 Å². The van der Waals surface area contributed by atoms with Crippen LogP contribution in [-0.2, 0) is 9.53 Å². The summed E-state index contributed by atoms with van der Waals surface area (Å²) in [7, 11) is 0. The van der Waals surface area contributed by atoms with Gasteiger partial charge in [0.15, 0.2) is 0 Å². The lowest BCUT2D eigenvalue weighted by Crippen LogP contribution is -2.26. The highest BCUT2D eigenvalue weighted by atomic mass is 16.5. The Morgan fingerprint density at radius 2 is 2.31 bits per heavy atom. The maximum Gasteiger partial charge on any atom is 0.310 e. The Hall–Kier alpha value is -0.570. The Morgan fingerprint density at radius 3 is 2.77 bits per heavy atom. The van der Waals surface area contributed by atoms with E-state index in [1.807, 2.05) is 6.92 Å². The Balaban J connectivity index is 2.36. The van der Waals surface area contributed by atoms with Gasteiger partial charge < -0.3 is 10.1 Å². The molecule has 2 atom stereocenters. The molecule has 0 radical (unpaired) electrons. The maximum absolute atomic E-state index is 11.4.